The molecule has 0 radical (unpaired) electrons. The number of alkyl halides is 2. The van der Waals surface area contributed by atoms with Crippen molar-refractivity contribution >= 4 is 5.78 Å². The molecule has 0 fully saturated rings. The summed E-state index contributed by atoms with van der Waals surface area (Å²) in [6.45, 7) is 2.04. The van der Waals surface area contributed by atoms with Crippen LogP contribution < -0.4 is 0 Å². The first-order valence-corrected chi connectivity index (χ1v) is 3.37. The van der Waals surface area contributed by atoms with Gasteiger partial charge in [0.05, 0.1) is 6.61 Å². The summed E-state index contributed by atoms with van der Waals surface area (Å²) >= 11 is 0. The molecular weight excluding hydrogens is 154 g/mol. The Hall–Kier alpha value is -0.510. The van der Waals surface area contributed by atoms with Gasteiger partial charge < -0.3 is 4.74 Å². The normalized spacial score (nSPS) is 11.6. The highest BCUT2D eigenvalue weighted by molar-refractivity contribution is 5.76. The van der Waals surface area contributed by atoms with Crippen LogP contribution in [0, 0.1) is 0 Å². The molecule has 0 aromatic heterocycles. The quantitative estimate of drug-likeness (QED) is 0.580. The van der Waals surface area contributed by atoms with Gasteiger partial charge in [0, 0.05) is 6.42 Å². The van der Waals surface area contributed by atoms with E-state index in [9.17, 15) is 13.6 Å². The molecule has 0 aliphatic heterocycles. The summed E-state index contributed by atoms with van der Waals surface area (Å²) in [6.07, 6.45) is -0.333. The molecule has 11 heavy (non-hydrogen) atoms. The molecule has 0 aliphatic carbocycles. The third-order valence-electron chi connectivity index (χ3n) is 0.991. The summed E-state index contributed by atoms with van der Waals surface area (Å²) < 4.78 is 28.8. The van der Waals surface area contributed by atoms with E-state index in [0.717, 1.165) is 6.92 Å². The third-order valence-corrected chi connectivity index (χ3v) is 0.991. The molecule has 0 saturated carbocycles. The summed E-state index contributed by atoms with van der Waals surface area (Å²) in [6, 6.07) is 0. The first kappa shape index (κ1) is 10.5. The molecule has 0 unspecified atom stereocenters. The van der Waals surface area contributed by atoms with Gasteiger partial charge in [0.25, 0.3) is 0 Å². The topological polar surface area (TPSA) is 26.3 Å². The SMILES string of the molecule is CC(=O)COCCC(C)(F)F. The van der Waals surface area contributed by atoms with Gasteiger partial charge in [-0.1, -0.05) is 0 Å². The smallest absolute Gasteiger partial charge is 0.247 e. The van der Waals surface area contributed by atoms with Crippen LogP contribution in [0.4, 0.5) is 8.78 Å². The Balaban J connectivity index is 3.22. The second-order valence-electron chi connectivity index (χ2n) is 2.57. The fourth-order valence-corrected chi connectivity index (χ4v) is 0.467. The van der Waals surface area contributed by atoms with E-state index in [4.69, 9.17) is 0 Å². The van der Waals surface area contributed by atoms with Gasteiger partial charge in [-0.15, -0.1) is 0 Å². The molecular formula is C7H12F2O2. The maximum atomic E-state index is 12.1. The van der Waals surface area contributed by atoms with E-state index in [0.29, 0.717) is 0 Å². The lowest BCUT2D eigenvalue weighted by Crippen LogP contribution is -2.15. The van der Waals surface area contributed by atoms with Crippen LogP contribution in [0.3, 0.4) is 0 Å². The van der Waals surface area contributed by atoms with Crippen LogP contribution >= 0.6 is 0 Å². The molecule has 0 amide bonds. The number of hydrogen-bond donors (Lipinski definition) is 0. The molecule has 4 heteroatoms. The zero-order valence-electron chi connectivity index (χ0n) is 6.69. The van der Waals surface area contributed by atoms with Crippen LogP contribution in [-0.2, 0) is 9.53 Å². The van der Waals surface area contributed by atoms with Crippen LogP contribution in [0.5, 0.6) is 0 Å². The zero-order valence-corrected chi connectivity index (χ0v) is 6.69. The van der Waals surface area contributed by atoms with Gasteiger partial charge in [0.15, 0.2) is 5.78 Å². The number of carbonyl (C=O) groups is 1. The van der Waals surface area contributed by atoms with E-state index in [-0.39, 0.29) is 25.4 Å². The molecule has 0 saturated heterocycles. The van der Waals surface area contributed by atoms with E-state index in [1.807, 2.05) is 0 Å². The molecule has 0 aliphatic rings. The van der Waals surface area contributed by atoms with Crippen molar-refractivity contribution in [3.05, 3.63) is 0 Å². The van der Waals surface area contributed by atoms with Crippen molar-refractivity contribution in [1.82, 2.24) is 0 Å². The van der Waals surface area contributed by atoms with E-state index < -0.39 is 5.92 Å². The lowest BCUT2D eigenvalue weighted by molar-refractivity contribution is -0.122. The Morgan fingerprint density at radius 3 is 2.45 bits per heavy atom. The van der Waals surface area contributed by atoms with E-state index in [1.165, 1.54) is 6.92 Å². The Morgan fingerprint density at radius 1 is 1.55 bits per heavy atom. The van der Waals surface area contributed by atoms with E-state index in [1.54, 1.807) is 0 Å². The Labute approximate surface area is 64.5 Å². The number of halogens is 2. The number of ether oxygens (including phenoxy) is 1. The fraction of sp³-hybridized carbons (Fsp3) is 0.857. The van der Waals surface area contributed by atoms with Crippen LogP contribution in [-0.4, -0.2) is 24.9 Å². The van der Waals surface area contributed by atoms with Crippen LogP contribution in [0.25, 0.3) is 0 Å². The van der Waals surface area contributed by atoms with Crippen molar-refractivity contribution in [3.8, 4) is 0 Å². The second kappa shape index (κ2) is 4.38. The Morgan fingerprint density at radius 2 is 2.09 bits per heavy atom. The average Bonchev–Trinajstić information content (AvgIpc) is 1.78. The zero-order chi connectivity index (χ0) is 8.91. The Kier molecular flexibility index (Phi) is 4.18. The minimum Gasteiger partial charge on any atom is -0.373 e. The minimum atomic E-state index is -2.70. The number of ketones is 1. The molecule has 0 bridgehead atoms. The van der Waals surface area contributed by atoms with Crippen LogP contribution in [0.2, 0.25) is 0 Å². The summed E-state index contributed by atoms with van der Waals surface area (Å²) in [5.74, 6) is -2.85. The van der Waals surface area contributed by atoms with Crippen molar-refractivity contribution in [1.29, 1.82) is 0 Å². The Bertz CT molecular complexity index is 129. The highest BCUT2D eigenvalue weighted by Gasteiger charge is 2.20. The third kappa shape index (κ3) is 9.49. The molecule has 0 N–H and O–H groups in total. The highest BCUT2D eigenvalue weighted by atomic mass is 19.3. The van der Waals surface area contributed by atoms with Gasteiger partial charge in [-0.05, 0) is 13.8 Å². The van der Waals surface area contributed by atoms with Gasteiger partial charge in [-0.25, -0.2) is 8.78 Å². The average molecular weight is 166 g/mol. The van der Waals surface area contributed by atoms with Crippen molar-refractivity contribution in [3.63, 3.8) is 0 Å². The predicted octanol–water partition coefficient (Wildman–Crippen LogP) is 1.64. The molecule has 0 heterocycles. The molecule has 0 aromatic rings. The highest BCUT2D eigenvalue weighted by Crippen LogP contribution is 2.15. The van der Waals surface area contributed by atoms with Gasteiger partial charge in [-0.2, -0.15) is 0 Å². The molecule has 0 aromatic carbocycles. The first-order valence-electron chi connectivity index (χ1n) is 3.37. The molecule has 0 spiro atoms. The van der Waals surface area contributed by atoms with Gasteiger partial charge >= 0.3 is 0 Å². The van der Waals surface area contributed by atoms with E-state index in [2.05, 4.69) is 4.74 Å². The molecule has 0 rings (SSSR count). The summed E-state index contributed by atoms with van der Waals surface area (Å²) in [5, 5.41) is 0. The molecule has 66 valence electrons. The number of Topliss-reactive ketones (excluding diaryl/α,β-unsaturated/α-hetero) is 1. The van der Waals surface area contributed by atoms with E-state index >= 15 is 0 Å². The monoisotopic (exact) mass is 166 g/mol. The largest absolute Gasteiger partial charge is 0.373 e. The second-order valence-corrected chi connectivity index (χ2v) is 2.57. The molecule has 0 atom stereocenters. The maximum absolute atomic E-state index is 12.1. The number of carbonyl (C=O) groups excluding carboxylic acids is 1. The number of hydrogen-bond acceptors (Lipinski definition) is 2. The van der Waals surface area contributed by atoms with Crippen molar-refractivity contribution in [2.24, 2.45) is 0 Å². The number of rotatable bonds is 5. The fourth-order valence-electron chi connectivity index (χ4n) is 0.467. The minimum absolute atomic E-state index is 0.0664. The first-order chi connectivity index (χ1) is 4.92. The van der Waals surface area contributed by atoms with Gasteiger partial charge in [-0.3, -0.25) is 4.79 Å². The van der Waals surface area contributed by atoms with Gasteiger partial charge in [0.2, 0.25) is 5.92 Å². The summed E-state index contributed by atoms with van der Waals surface area (Å²) in [7, 11) is 0. The van der Waals surface area contributed by atoms with Crippen LogP contribution in [0.1, 0.15) is 20.3 Å². The lowest BCUT2D eigenvalue weighted by Gasteiger charge is -2.08. The predicted molar refractivity (Wildman–Crippen MR) is 36.7 cm³/mol. The summed E-state index contributed by atoms with van der Waals surface area (Å²) in [4.78, 5) is 10.3. The standard InChI is InChI=1S/C7H12F2O2/c1-6(10)5-11-4-3-7(2,8)9/h3-5H2,1-2H3. The summed E-state index contributed by atoms with van der Waals surface area (Å²) in [5.41, 5.74) is 0. The van der Waals surface area contributed by atoms with Crippen molar-refractivity contribution in [2.75, 3.05) is 13.2 Å². The molecule has 2 nitrogen and oxygen atoms in total. The van der Waals surface area contributed by atoms with Crippen LogP contribution in [0.15, 0.2) is 0 Å². The van der Waals surface area contributed by atoms with Crippen molar-refractivity contribution < 1.29 is 18.3 Å². The van der Waals surface area contributed by atoms with Gasteiger partial charge in [0.1, 0.15) is 6.61 Å². The van der Waals surface area contributed by atoms with Crippen molar-refractivity contribution in [2.45, 2.75) is 26.2 Å². The maximum Gasteiger partial charge on any atom is 0.247 e. The lowest BCUT2D eigenvalue weighted by atomic mass is 10.3.